The molecule has 3 unspecified atom stereocenters. The van der Waals surface area contributed by atoms with E-state index in [9.17, 15) is 0 Å². The topological polar surface area (TPSA) is 0 Å². The summed E-state index contributed by atoms with van der Waals surface area (Å²) in [6.07, 6.45) is 7.28. The zero-order valence-electron chi connectivity index (χ0n) is 9.84. The molecule has 1 aliphatic carbocycles. The predicted octanol–water partition coefficient (Wildman–Crippen LogP) is 4.49. The van der Waals surface area contributed by atoms with Crippen molar-refractivity contribution < 1.29 is 0 Å². The van der Waals surface area contributed by atoms with Crippen molar-refractivity contribution in [3.8, 4) is 0 Å². The molecular formula is C13H26. The van der Waals surface area contributed by atoms with Crippen molar-refractivity contribution in [3.05, 3.63) is 0 Å². The van der Waals surface area contributed by atoms with Crippen molar-refractivity contribution >= 4 is 0 Å². The van der Waals surface area contributed by atoms with Crippen molar-refractivity contribution in [3.63, 3.8) is 0 Å². The Balaban J connectivity index is 2.10. The maximum Gasteiger partial charge on any atom is -0.0357 e. The Morgan fingerprint density at radius 3 is 2.46 bits per heavy atom. The maximum atomic E-state index is 2.46. The van der Waals surface area contributed by atoms with Gasteiger partial charge in [0.1, 0.15) is 0 Å². The molecule has 0 bridgehead atoms. The molecule has 13 heavy (non-hydrogen) atoms. The molecule has 78 valence electrons. The van der Waals surface area contributed by atoms with Crippen LogP contribution in [0.15, 0.2) is 0 Å². The summed E-state index contributed by atoms with van der Waals surface area (Å²) in [5.41, 5.74) is 0. The van der Waals surface area contributed by atoms with Crippen LogP contribution in [-0.4, -0.2) is 0 Å². The van der Waals surface area contributed by atoms with Crippen molar-refractivity contribution in [1.82, 2.24) is 0 Å². The number of hydrogen-bond donors (Lipinski definition) is 0. The Morgan fingerprint density at radius 1 is 1.23 bits per heavy atom. The van der Waals surface area contributed by atoms with Crippen molar-refractivity contribution in [2.24, 2.45) is 23.7 Å². The minimum absolute atomic E-state index is 0.911. The van der Waals surface area contributed by atoms with E-state index in [4.69, 9.17) is 0 Å². The summed E-state index contributed by atoms with van der Waals surface area (Å²) in [5.74, 6) is 4.10. The zero-order chi connectivity index (χ0) is 9.84. The van der Waals surface area contributed by atoms with Crippen LogP contribution < -0.4 is 0 Å². The highest BCUT2D eigenvalue weighted by atomic mass is 14.4. The van der Waals surface area contributed by atoms with Gasteiger partial charge in [-0.2, -0.15) is 0 Å². The van der Waals surface area contributed by atoms with Crippen LogP contribution >= 0.6 is 0 Å². The molecule has 0 saturated heterocycles. The van der Waals surface area contributed by atoms with Crippen LogP contribution in [0.1, 0.15) is 59.8 Å². The molecule has 0 nitrogen and oxygen atoms in total. The fraction of sp³-hybridized carbons (Fsp3) is 1.00. The predicted molar refractivity (Wildman–Crippen MR) is 59.7 cm³/mol. The van der Waals surface area contributed by atoms with Crippen molar-refractivity contribution in [1.29, 1.82) is 0 Å². The highest BCUT2D eigenvalue weighted by Crippen LogP contribution is 2.49. The summed E-state index contributed by atoms with van der Waals surface area (Å²) in [5, 5.41) is 0. The molecule has 0 aliphatic heterocycles. The fourth-order valence-corrected chi connectivity index (χ4v) is 2.58. The highest BCUT2D eigenvalue weighted by Gasteiger charge is 2.40. The van der Waals surface area contributed by atoms with Crippen LogP contribution in [0.2, 0.25) is 0 Å². The average molecular weight is 182 g/mol. The van der Waals surface area contributed by atoms with Gasteiger partial charge in [-0.25, -0.2) is 0 Å². The third-order valence-electron chi connectivity index (χ3n) is 3.50. The average Bonchev–Trinajstić information content (AvgIpc) is 2.78. The summed E-state index contributed by atoms with van der Waals surface area (Å²) >= 11 is 0. The monoisotopic (exact) mass is 182 g/mol. The second kappa shape index (κ2) is 5.02. The minimum Gasteiger partial charge on any atom is -0.0654 e. The van der Waals surface area contributed by atoms with Gasteiger partial charge in [0.05, 0.1) is 0 Å². The smallest absolute Gasteiger partial charge is 0.0357 e. The third-order valence-corrected chi connectivity index (χ3v) is 3.50. The molecule has 1 aliphatic rings. The summed E-state index contributed by atoms with van der Waals surface area (Å²) in [7, 11) is 0. The molecule has 1 rings (SSSR count). The molecule has 0 heteroatoms. The van der Waals surface area contributed by atoms with Crippen LogP contribution in [0.25, 0.3) is 0 Å². The largest absolute Gasteiger partial charge is 0.0654 e. The molecule has 0 heterocycles. The SMILES string of the molecule is CCCCC(C)C1CC1CC(C)C. The first-order chi connectivity index (χ1) is 6.15. The van der Waals surface area contributed by atoms with Crippen molar-refractivity contribution in [2.45, 2.75) is 59.8 Å². The lowest BCUT2D eigenvalue weighted by atomic mass is 9.95. The van der Waals surface area contributed by atoms with Gasteiger partial charge in [0, 0.05) is 0 Å². The van der Waals surface area contributed by atoms with E-state index in [0.29, 0.717) is 0 Å². The maximum absolute atomic E-state index is 2.46. The number of unbranched alkanes of at least 4 members (excludes halogenated alkanes) is 1. The molecule has 0 N–H and O–H groups in total. The van der Waals surface area contributed by atoms with Crippen LogP contribution in [-0.2, 0) is 0 Å². The molecule has 0 aromatic carbocycles. The molecule has 1 saturated carbocycles. The first-order valence-electron chi connectivity index (χ1n) is 6.15. The van der Waals surface area contributed by atoms with Gasteiger partial charge in [0.25, 0.3) is 0 Å². The summed E-state index contributed by atoms with van der Waals surface area (Å²) < 4.78 is 0. The Hall–Kier alpha value is 0. The first-order valence-corrected chi connectivity index (χ1v) is 6.15. The van der Waals surface area contributed by atoms with Gasteiger partial charge in [0.15, 0.2) is 0 Å². The molecule has 0 spiro atoms. The van der Waals surface area contributed by atoms with Crippen LogP contribution in [0.5, 0.6) is 0 Å². The van der Waals surface area contributed by atoms with Crippen molar-refractivity contribution in [2.75, 3.05) is 0 Å². The van der Waals surface area contributed by atoms with Crippen LogP contribution in [0.4, 0.5) is 0 Å². The van der Waals surface area contributed by atoms with E-state index in [1.165, 1.54) is 32.1 Å². The van der Waals surface area contributed by atoms with Crippen LogP contribution in [0.3, 0.4) is 0 Å². The summed E-state index contributed by atoms with van der Waals surface area (Å²) in [6, 6.07) is 0. The standard InChI is InChI=1S/C13H26/c1-5-6-7-11(4)13-9-12(13)8-10(2)3/h10-13H,5-9H2,1-4H3. The van der Waals surface area contributed by atoms with E-state index in [0.717, 1.165) is 23.7 Å². The van der Waals surface area contributed by atoms with E-state index in [2.05, 4.69) is 27.7 Å². The van der Waals surface area contributed by atoms with Gasteiger partial charge < -0.3 is 0 Å². The number of hydrogen-bond acceptors (Lipinski definition) is 0. The zero-order valence-corrected chi connectivity index (χ0v) is 9.84. The molecule has 1 fully saturated rings. The highest BCUT2D eigenvalue weighted by molar-refractivity contribution is 4.89. The third kappa shape index (κ3) is 3.70. The Bertz CT molecular complexity index is 137. The normalized spacial score (nSPS) is 29.3. The Morgan fingerprint density at radius 2 is 1.92 bits per heavy atom. The van der Waals surface area contributed by atoms with Gasteiger partial charge >= 0.3 is 0 Å². The summed E-state index contributed by atoms with van der Waals surface area (Å²) in [6.45, 7) is 9.46. The van der Waals surface area contributed by atoms with E-state index >= 15 is 0 Å². The van der Waals surface area contributed by atoms with Gasteiger partial charge in [0.2, 0.25) is 0 Å². The second-order valence-electron chi connectivity index (χ2n) is 5.41. The Kier molecular flexibility index (Phi) is 4.28. The quantitative estimate of drug-likeness (QED) is 0.567. The van der Waals surface area contributed by atoms with E-state index < -0.39 is 0 Å². The lowest BCUT2D eigenvalue weighted by Gasteiger charge is -2.10. The minimum atomic E-state index is 0.911. The first kappa shape index (κ1) is 11.1. The molecule has 0 aromatic heterocycles. The van der Waals surface area contributed by atoms with E-state index in [1.807, 2.05) is 0 Å². The van der Waals surface area contributed by atoms with Gasteiger partial charge in [-0.1, -0.05) is 47.0 Å². The lowest BCUT2D eigenvalue weighted by Crippen LogP contribution is -2.00. The Labute approximate surface area is 84.1 Å². The molecule has 3 atom stereocenters. The fourth-order valence-electron chi connectivity index (χ4n) is 2.58. The number of rotatable bonds is 6. The van der Waals surface area contributed by atoms with Gasteiger partial charge in [-0.3, -0.25) is 0 Å². The van der Waals surface area contributed by atoms with Gasteiger partial charge in [-0.15, -0.1) is 0 Å². The van der Waals surface area contributed by atoms with Gasteiger partial charge in [-0.05, 0) is 36.5 Å². The molecule has 0 radical (unpaired) electrons. The summed E-state index contributed by atoms with van der Waals surface area (Å²) in [4.78, 5) is 0. The van der Waals surface area contributed by atoms with E-state index in [-0.39, 0.29) is 0 Å². The second-order valence-corrected chi connectivity index (χ2v) is 5.41. The molecule has 0 amide bonds. The molecule has 0 aromatic rings. The van der Waals surface area contributed by atoms with E-state index in [1.54, 1.807) is 0 Å². The molecular weight excluding hydrogens is 156 g/mol. The van der Waals surface area contributed by atoms with Crippen LogP contribution in [0, 0.1) is 23.7 Å². The lowest BCUT2D eigenvalue weighted by molar-refractivity contribution is 0.402.